The van der Waals surface area contributed by atoms with Crippen molar-refractivity contribution in [2.24, 2.45) is 0 Å². The van der Waals surface area contributed by atoms with Gasteiger partial charge in [0.2, 0.25) is 5.91 Å². The Balaban J connectivity index is 1.76. The van der Waals surface area contributed by atoms with E-state index in [0.29, 0.717) is 24.2 Å². The largest absolute Gasteiger partial charge is 0.453 e. The molecule has 3 aromatic rings. The number of nitrogens with zero attached hydrogens (tertiary/aromatic N) is 5. The van der Waals surface area contributed by atoms with Crippen LogP contribution >= 0.6 is 0 Å². The SMILES string of the molecule is CC(=O)N1CCC(Nc2cc(C)nc3nc(C(F)(F)F)nn23)c2ccc(F)cc2C1. The van der Waals surface area contributed by atoms with Crippen LogP contribution in [0.1, 0.15) is 42.0 Å². The van der Waals surface area contributed by atoms with E-state index in [1.165, 1.54) is 19.1 Å². The van der Waals surface area contributed by atoms with Crippen molar-refractivity contribution in [2.75, 3.05) is 11.9 Å². The van der Waals surface area contributed by atoms with Crippen molar-refractivity contribution in [2.45, 2.75) is 39.0 Å². The van der Waals surface area contributed by atoms with Crippen LogP contribution in [0, 0.1) is 12.7 Å². The van der Waals surface area contributed by atoms with E-state index in [2.05, 4.69) is 20.4 Å². The third kappa shape index (κ3) is 3.79. The van der Waals surface area contributed by atoms with Gasteiger partial charge in [-0.25, -0.2) is 9.37 Å². The Labute approximate surface area is 168 Å². The summed E-state index contributed by atoms with van der Waals surface area (Å²) in [4.78, 5) is 21.0. The predicted molar refractivity (Wildman–Crippen MR) is 99.0 cm³/mol. The molecule has 0 radical (unpaired) electrons. The molecule has 0 bridgehead atoms. The number of halogens is 4. The molecule has 1 aromatic carbocycles. The van der Waals surface area contributed by atoms with E-state index in [1.807, 2.05) is 0 Å². The number of aryl methyl sites for hydroxylation is 1. The second-order valence-electron chi connectivity index (χ2n) is 7.20. The van der Waals surface area contributed by atoms with Gasteiger partial charge in [-0.3, -0.25) is 4.79 Å². The van der Waals surface area contributed by atoms with Crippen LogP contribution in [-0.4, -0.2) is 36.9 Å². The van der Waals surface area contributed by atoms with E-state index in [0.717, 1.165) is 10.1 Å². The fourth-order valence-corrected chi connectivity index (χ4v) is 3.58. The summed E-state index contributed by atoms with van der Waals surface area (Å²) in [5, 5.41) is 6.76. The highest BCUT2D eigenvalue weighted by atomic mass is 19.4. The van der Waals surface area contributed by atoms with Crippen molar-refractivity contribution in [3.05, 3.63) is 52.7 Å². The van der Waals surface area contributed by atoms with Crippen molar-refractivity contribution in [1.82, 2.24) is 24.5 Å². The number of hydrogen-bond acceptors (Lipinski definition) is 5. The first kappa shape index (κ1) is 20.0. The number of aromatic nitrogens is 4. The Bertz CT molecular complexity index is 1130. The lowest BCUT2D eigenvalue weighted by molar-refractivity contribution is -0.144. The zero-order valence-electron chi connectivity index (χ0n) is 16.2. The van der Waals surface area contributed by atoms with E-state index in [1.54, 1.807) is 24.0 Å². The molecule has 30 heavy (non-hydrogen) atoms. The first-order valence-electron chi connectivity index (χ1n) is 9.24. The average Bonchev–Trinajstić information content (AvgIpc) is 3.00. The number of rotatable bonds is 2. The molecule has 7 nitrogen and oxygen atoms in total. The number of hydrogen-bond donors (Lipinski definition) is 1. The number of fused-ring (bicyclic) bond motifs is 2. The first-order chi connectivity index (χ1) is 14.1. The molecule has 0 spiro atoms. The summed E-state index contributed by atoms with van der Waals surface area (Å²) in [5.41, 5.74) is 1.86. The highest BCUT2D eigenvalue weighted by Gasteiger charge is 2.37. The van der Waals surface area contributed by atoms with E-state index < -0.39 is 17.8 Å². The van der Waals surface area contributed by atoms with Gasteiger partial charge in [0.1, 0.15) is 11.6 Å². The zero-order valence-corrected chi connectivity index (χ0v) is 16.2. The second kappa shape index (κ2) is 7.22. The molecule has 1 N–H and O–H groups in total. The van der Waals surface area contributed by atoms with Crippen molar-refractivity contribution < 1.29 is 22.4 Å². The molecule has 3 heterocycles. The Morgan fingerprint density at radius 1 is 1.23 bits per heavy atom. The van der Waals surface area contributed by atoms with Gasteiger partial charge in [-0.15, -0.1) is 5.10 Å². The number of carbonyl (C=O) groups is 1. The molecule has 158 valence electrons. The first-order valence-corrected chi connectivity index (χ1v) is 9.24. The predicted octanol–water partition coefficient (Wildman–Crippen LogP) is 3.50. The zero-order chi connectivity index (χ0) is 21.6. The average molecular weight is 422 g/mol. The van der Waals surface area contributed by atoms with Crippen LogP contribution in [0.2, 0.25) is 0 Å². The molecule has 0 aliphatic carbocycles. The monoisotopic (exact) mass is 422 g/mol. The van der Waals surface area contributed by atoms with Gasteiger partial charge < -0.3 is 10.2 Å². The van der Waals surface area contributed by atoms with Gasteiger partial charge in [0.15, 0.2) is 0 Å². The maximum Gasteiger partial charge on any atom is 0.453 e. The molecular formula is C19H18F4N6O. The van der Waals surface area contributed by atoms with Crippen molar-refractivity contribution in [3.63, 3.8) is 0 Å². The summed E-state index contributed by atoms with van der Waals surface area (Å²) >= 11 is 0. The number of alkyl halides is 3. The summed E-state index contributed by atoms with van der Waals surface area (Å²) in [6, 6.07) is 5.50. The van der Waals surface area contributed by atoms with Crippen molar-refractivity contribution in [1.29, 1.82) is 0 Å². The minimum absolute atomic E-state index is 0.140. The number of nitrogens with one attached hydrogen (secondary N) is 1. The Kier molecular flexibility index (Phi) is 4.83. The summed E-state index contributed by atoms with van der Waals surface area (Å²) in [7, 11) is 0. The standard InChI is InChI=1S/C19H18F4N6O/c1-10-7-16(29-18(24-10)26-17(27-29)19(21,22)23)25-15-5-6-28(11(2)30)9-12-8-13(20)3-4-14(12)15/h3-4,7-8,15,25H,5-6,9H2,1-2H3. The van der Waals surface area contributed by atoms with Crippen LogP contribution in [0.15, 0.2) is 24.3 Å². The van der Waals surface area contributed by atoms with Crippen LogP contribution in [0.5, 0.6) is 0 Å². The molecule has 2 aromatic heterocycles. The lowest BCUT2D eigenvalue weighted by Gasteiger charge is -2.21. The van der Waals surface area contributed by atoms with Crippen LogP contribution in [-0.2, 0) is 17.5 Å². The van der Waals surface area contributed by atoms with Gasteiger partial charge in [-0.1, -0.05) is 6.07 Å². The van der Waals surface area contributed by atoms with Crippen molar-refractivity contribution >= 4 is 17.5 Å². The number of anilines is 1. The summed E-state index contributed by atoms with van der Waals surface area (Å²) in [6.07, 6.45) is -4.23. The Morgan fingerprint density at radius 2 is 2.00 bits per heavy atom. The topological polar surface area (TPSA) is 75.4 Å². The summed E-state index contributed by atoms with van der Waals surface area (Å²) in [5.74, 6) is -1.75. The van der Waals surface area contributed by atoms with Crippen LogP contribution in [0.4, 0.5) is 23.4 Å². The number of carbonyl (C=O) groups excluding carboxylic acids is 1. The Hall–Kier alpha value is -3.24. The minimum atomic E-state index is -4.70. The molecule has 0 saturated heterocycles. The molecule has 1 atom stereocenters. The maximum absolute atomic E-state index is 13.8. The number of amides is 1. The van der Waals surface area contributed by atoms with Crippen LogP contribution in [0.3, 0.4) is 0 Å². The van der Waals surface area contributed by atoms with Gasteiger partial charge in [0.25, 0.3) is 11.6 Å². The van der Waals surface area contributed by atoms with Crippen LogP contribution < -0.4 is 5.32 Å². The third-order valence-electron chi connectivity index (χ3n) is 4.99. The van der Waals surface area contributed by atoms with E-state index in [9.17, 15) is 22.4 Å². The molecule has 0 saturated carbocycles. The summed E-state index contributed by atoms with van der Waals surface area (Å²) in [6.45, 7) is 3.74. The van der Waals surface area contributed by atoms with Gasteiger partial charge in [0.05, 0.1) is 6.04 Å². The third-order valence-corrected chi connectivity index (χ3v) is 4.99. The molecule has 0 fully saturated rings. The minimum Gasteiger partial charge on any atom is -0.363 e. The van der Waals surface area contributed by atoms with Gasteiger partial charge in [0, 0.05) is 31.8 Å². The fraction of sp³-hybridized carbons (Fsp3) is 0.368. The molecule has 1 aliphatic heterocycles. The van der Waals surface area contributed by atoms with Crippen LogP contribution in [0.25, 0.3) is 5.78 Å². The van der Waals surface area contributed by atoms with E-state index >= 15 is 0 Å². The van der Waals surface area contributed by atoms with Gasteiger partial charge in [-0.2, -0.15) is 22.7 Å². The van der Waals surface area contributed by atoms with E-state index in [-0.39, 0.29) is 30.1 Å². The highest BCUT2D eigenvalue weighted by molar-refractivity contribution is 5.73. The Morgan fingerprint density at radius 3 is 2.70 bits per heavy atom. The van der Waals surface area contributed by atoms with Gasteiger partial charge >= 0.3 is 6.18 Å². The summed E-state index contributed by atoms with van der Waals surface area (Å²) < 4.78 is 54.0. The lowest BCUT2D eigenvalue weighted by atomic mass is 9.99. The molecule has 11 heteroatoms. The normalized spacial score (nSPS) is 17.0. The molecule has 1 amide bonds. The second-order valence-corrected chi connectivity index (χ2v) is 7.20. The fourth-order valence-electron chi connectivity index (χ4n) is 3.58. The highest BCUT2D eigenvalue weighted by Crippen LogP contribution is 2.32. The quantitative estimate of drug-likeness (QED) is 0.640. The maximum atomic E-state index is 13.8. The van der Waals surface area contributed by atoms with Crippen molar-refractivity contribution in [3.8, 4) is 0 Å². The lowest BCUT2D eigenvalue weighted by Crippen LogP contribution is -2.28. The molecule has 1 aliphatic rings. The molecule has 1 unspecified atom stereocenters. The molecule has 4 rings (SSSR count). The molecular weight excluding hydrogens is 404 g/mol. The smallest absolute Gasteiger partial charge is 0.363 e. The number of benzene rings is 1. The van der Waals surface area contributed by atoms with Gasteiger partial charge in [-0.05, 0) is 36.6 Å². The van der Waals surface area contributed by atoms with E-state index in [4.69, 9.17) is 0 Å².